The van der Waals surface area contributed by atoms with E-state index in [4.69, 9.17) is 47.9 Å². The van der Waals surface area contributed by atoms with Gasteiger partial charge in [0.15, 0.2) is 8.53 Å². The lowest BCUT2D eigenvalue weighted by Crippen LogP contribution is -2.59. The quantitative estimate of drug-likeness (QED) is 0.124. The molecule has 4 aliphatic rings. The molecule has 8 nitrogen and oxygen atoms in total. The minimum absolute atomic E-state index is 0. The third-order valence-corrected chi connectivity index (χ3v) is 14.3. The number of fused-ring (bicyclic) bond motifs is 2. The monoisotopic (exact) mass is 982 g/mol. The molecular weight excluding hydrogens is 935 g/mol. The molecule has 2 aromatic carbocycles. The van der Waals surface area contributed by atoms with Gasteiger partial charge in [-0.15, -0.1) is 12.4 Å². The number of benzene rings is 2. The van der Waals surface area contributed by atoms with E-state index in [0.717, 1.165) is 94.3 Å². The normalized spacial score (nSPS) is 31.3. The molecule has 15 heteroatoms. The number of hydrogen-bond acceptors (Lipinski definition) is 10. The molecule has 0 radical (unpaired) electrons. The van der Waals surface area contributed by atoms with Crippen molar-refractivity contribution in [3.63, 3.8) is 0 Å². The van der Waals surface area contributed by atoms with Crippen LogP contribution in [0.1, 0.15) is 88.5 Å². The molecule has 2 spiro atoms. The van der Waals surface area contributed by atoms with E-state index in [0.29, 0.717) is 25.0 Å². The fraction of sp³-hybridized carbons (Fsp3) is 0.600. The maximum Gasteiger partial charge on any atom is 0.331 e. The highest BCUT2D eigenvalue weighted by molar-refractivity contribution is 9.10. The number of rotatable bonds is 7. The molecule has 2 aromatic rings. The average Bonchev–Trinajstić information content (AvgIpc) is 3.50. The maximum atomic E-state index is 13.3. The van der Waals surface area contributed by atoms with Crippen molar-refractivity contribution in [1.29, 1.82) is 5.26 Å². The van der Waals surface area contributed by atoms with Gasteiger partial charge >= 0.3 is 11.9 Å². The fourth-order valence-corrected chi connectivity index (χ4v) is 11.6. The standard InChI is InChI=1S/C20H24BrNO3S.C19H26BrNO3.CCl2S.ClH/c1-4-25-18(23)20(26-12-22)16-9-15(21)6-5-14(16)11-19(20)8-7-17(24-3)13(2)10-19;1-4-24-17(22)19(21)15-9-14(20)6-5-13(15)11-18(19)8-7-16(23-3)12(2)10-18;2-1(3)4;/h5-6,9,13,17H,4,7-8,10-11H2,1-3H3;5-6,9,12,16H,4,7-8,10-11,21H2,1-3H3;;1H/t13-,17-,19-,20+;12-,16-,18-,19+;;/m00../s1. The van der Waals surface area contributed by atoms with Crippen LogP contribution >= 0.6 is 91.4 Å². The fourth-order valence-electron chi connectivity index (χ4n) is 9.87. The SMILES string of the molecule is CCOC(=O)[C@]1(N)c2cc(Br)ccc2C[C@@]12CC[C@H](OC)[C@@H](C)C2.CCOC(=O)[C@]1(SC#N)c2cc(Br)ccc2C[C@@]12CC[C@H](OC)[C@@H](C)C2.Cl.S=C(Cl)Cl. The largest absolute Gasteiger partial charge is 0.465 e. The zero-order chi connectivity index (χ0) is 40.1. The molecule has 2 N–H and O–H groups in total. The van der Waals surface area contributed by atoms with Crippen LogP contribution in [0, 0.1) is 33.3 Å². The van der Waals surface area contributed by atoms with Crippen molar-refractivity contribution in [2.45, 2.75) is 102 Å². The molecule has 0 aromatic heterocycles. The van der Waals surface area contributed by atoms with Gasteiger partial charge < -0.3 is 24.7 Å². The molecule has 0 amide bonds. The Morgan fingerprint density at radius 3 is 1.78 bits per heavy atom. The first-order valence-corrected chi connectivity index (χ1v) is 21.8. The van der Waals surface area contributed by atoms with Gasteiger partial charge in [0.1, 0.15) is 10.9 Å². The molecule has 0 bridgehead atoms. The summed E-state index contributed by atoms with van der Waals surface area (Å²) in [7, 11) is 3.52. The van der Waals surface area contributed by atoms with E-state index in [1.54, 1.807) is 14.2 Å². The van der Waals surface area contributed by atoms with Gasteiger partial charge in [-0.1, -0.05) is 93.3 Å². The van der Waals surface area contributed by atoms with Crippen molar-refractivity contribution in [1.82, 2.24) is 0 Å². The lowest BCUT2D eigenvalue weighted by atomic mass is 9.59. The second kappa shape index (κ2) is 20.3. The molecule has 0 aliphatic heterocycles. The minimum Gasteiger partial charge on any atom is -0.465 e. The summed E-state index contributed by atoms with van der Waals surface area (Å²) < 4.78 is 23.0. The number of nitriles is 1. The van der Waals surface area contributed by atoms with Gasteiger partial charge in [0.2, 0.25) is 0 Å². The molecular formula is C40H51Br2Cl3N2O6S2. The molecule has 0 heterocycles. The highest BCUT2D eigenvalue weighted by Gasteiger charge is 2.66. The van der Waals surface area contributed by atoms with E-state index >= 15 is 0 Å². The summed E-state index contributed by atoms with van der Waals surface area (Å²) >= 11 is 21.7. The first kappa shape index (κ1) is 48.4. The van der Waals surface area contributed by atoms with E-state index in [1.807, 2.05) is 38.1 Å². The van der Waals surface area contributed by atoms with Gasteiger partial charge in [-0.3, -0.25) is 4.79 Å². The van der Waals surface area contributed by atoms with Crippen LogP contribution in [0.4, 0.5) is 0 Å². The summed E-state index contributed by atoms with van der Waals surface area (Å²) in [4.78, 5) is 26.3. The molecule has 2 fully saturated rings. The first-order valence-electron chi connectivity index (χ1n) is 18.2. The summed E-state index contributed by atoms with van der Waals surface area (Å²) in [6, 6.07) is 12.2. The van der Waals surface area contributed by atoms with Crippen LogP contribution in [-0.4, -0.2) is 55.4 Å². The van der Waals surface area contributed by atoms with Crippen LogP contribution in [0.15, 0.2) is 45.3 Å². The average molecular weight is 986 g/mol. The number of esters is 2. The Morgan fingerprint density at radius 1 is 0.873 bits per heavy atom. The van der Waals surface area contributed by atoms with E-state index < -0.39 is 10.3 Å². The Morgan fingerprint density at radius 2 is 1.31 bits per heavy atom. The van der Waals surface area contributed by atoms with Crippen molar-refractivity contribution in [2.24, 2.45) is 28.4 Å². The molecule has 304 valence electrons. The Kier molecular flexibility index (Phi) is 17.9. The van der Waals surface area contributed by atoms with Gasteiger partial charge in [-0.25, -0.2) is 4.79 Å². The van der Waals surface area contributed by atoms with Crippen LogP contribution in [-0.2, 0) is 51.7 Å². The second-order valence-electron chi connectivity index (χ2n) is 14.9. The molecule has 4 aliphatic carbocycles. The molecule has 0 unspecified atom stereocenters. The van der Waals surface area contributed by atoms with E-state index in [1.165, 1.54) is 0 Å². The first-order chi connectivity index (χ1) is 25.5. The summed E-state index contributed by atoms with van der Waals surface area (Å²) in [5.74, 6) is 0.0924. The summed E-state index contributed by atoms with van der Waals surface area (Å²) in [5, 5.41) is 11.9. The molecule has 8 atom stereocenters. The number of thiocyanates is 1. The number of hydrogen-bond donors (Lipinski definition) is 1. The van der Waals surface area contributed by atoms with Crippen molar-refractivity contribution in [3.05, 3.63) is 67.6 Å². The number of carbonyl (C=O) groups is 2. The number of thioether (sulfide) groups is 1. The zero-order valence-electron chi connectivity index (χ0n) is 32.1. The maximum absolute atomic E-state index is 13.3. The number of nitrogens with two attached hydrogens (primary N) is 1. The van der Waals surface area contributed by atoms with Gasteiger partial charge in [-0.05, 0) is 135 Å². The van der Waals surface area contributed by atoms with Crippen LogP contribution in [0.5, 0.6) is 0 Å². The van der Waals surface area contributed by atoms with E-state index in [-0.39, 0.29) is 51.2 Å². The number of ether oxygens (including phenoxy) is 4. The van der Waals surface area contributed by atoms with Gasteiger partial charge in [-0.2, -0.15) is 5.26 Å². The third kappa shape index (κ3) is 9.42. The topological polar surface area (TPSA) is 121 Å². The zero-order valence-corrected chi connectivity index (χ0v) is 39.2. The van der Waals surface area contributed by atoms with Crippen molar-refractivity contribution >= 4 is 107 Å². The molecule has 55 heavy (non-hydrogen) atoms. The van der Waals surface area contributed by atoms with Gasteiger partial charge in [0.05, 0.1) is 25.4 Å². The van der Waals surface area contributed by atoms with Crippen LogP contribution in [0.25, 0.3) is 0 Å². The Hall–Kier alpha value is -0.980. The molecule has 6 rings (SSSR count). The van der Waals surface area contributed by atoms with Crippen LogP contribution in [0.3, 0.4) is 0 Å². The third-order valence-electron chi connectivity index (χ3n) is 12.1. The summed E-state index contributed by atoms with van der Waals surface area (Å²) in [6.07, 6.45) is 7.28. The minimum atomic E-state index is -1.09. The number of carbonyl (C=O) groups excluding carboxylic acids is 2. The summed E-state index contributed by atoms with van der Waals surface area (Å²) in [5.41, 5.74) is 9.34. The van der Waals surface area contributed by atoms with Crippen molar-refractivity contribution < 1.29 is 28.5 Å². The summed E-state index contributed by atoms with van der Waals surface area (Å²) in [6.45, 7) is 8.67. The van der Waals surface area contributed by atoms with Crippen molar-refractivity contribution in [3.8, 4) is 5.40 Å². The Bertz CT molecular complexity index is 1750. The predicted octanol–water partition coefficient (Wildman–Crippen LogP) is 10.5. The number of halogens is 5. The number of nitrogens with zero attached hydrogens (tertiary/aromatic N) is 1. The van der Waals surface area contributed by atoms with E-state index in [9.17, 15) is 14.9 Å². The van der Waals surface area contributed by atoms with E-state index in [2.05, 4.69) is 75.5 Å². The van der Waals surface area contributed by atoms with Crippen LogP contribution in [0.2, 0.25) is 0 Å². The van der Waals surface area contributed by atoms with Gasteiger partial charge in [0.25, 0.3) is 0 Å². The highest BCUT2D eigenvalue weighted by atomic mass is 79.9. The Balaban J connectivity index is 0.000000265. The smallest absolute Gasteiger partial charge is 0.331 e. The highest BCUT2D eigenvalue weighted by Crippen LogP contribution is 2.65. The number of thiocarbonyl (C=S) groups is 1. The van der Waals surface area contributed by atoms with Gasteiger partial charge in [0, 0.05) is 34.0 Å². The molecule has 0 saturated heterocycles. The van der Waals surface area contributed by atoms with Crippen molar-refractivity contribution in [2.75, 3.05) is 27.4 Å². The lowest BCUT2D eigenvalue weighted by Gasteiger charge is -2.48. The second-order valence-corrected chi connectivity index (χ2v) is 19.5. The Labute approximate surface area is 368 Å². The van der Waals surface area contributed by atoms with Crippen LogP contribution < -0.4 is 5.73 Å². The lowest BCUT2D eigenvalue weighted by molar-refractivity contribution is -0.159. The number of methoxy groups -OCH3 is 2. The molecule has 2 saturated carbocycles. The predicted molar refractivity (Wildman–Crippen MR) is 234 cm³/mol.